The van der Waals surface area contributed by atoms with Gasteiger partial charge in [-0.05, 0) is 43.4 Å². The fourth-order valence-electron chi connectivity index (χ4n) is 2.73. The monoisotopic (exact) mass is 306 g/mol. The van der Waals surface area contributed by atoms with Crippen LogP contribution in [-0.4, -0.2) is 25.2 Å². The summed E-state index contributed by atoms with van der Waals surface area (Å²) in [7, 11) is 1.62. The molecule has 0 bridgehead atoms. The Labute approximate surface area is 130 Å². The zero-order chi connectivity index (χ0) is 15.9. The quantitative estimate of drug-likeness (QED) is 0.870. The van der Waals surface area contributed by atoms with Crippen molar-refractivity contribution < 1.29 is 19.1 Å². The van der Waals surface area contributed by atoms with Crippen LogP contribution in [0.25, 0.3) is 0 Å². The number of carbonyl (C=O) groups excluding carboxylic acids is 2. The number of nitrogens with two attached hydrogens (primary N) is 1. The summed E-state index contributed by atoms with van der Waals surface area (Å²) in [4.78, 5) is 23.0. The lowest BCUT2D eigenvalue weighted by molar-refractivity contribution is -0.127. The van der Waals surface area contributed by atoms with Crippen LogP contribution in [0, 0.1) is 5.92 Å². The Morgan fingerprint density at radius 1 is 1.27 bits per heavy atom. The lowest BCUT2D eigenvalue weighted by atomic mass is 9.86. The molecule has 22 heavy (non-hydrogen) atoms. The van der Waals surface area contributed by atoms with Crippen molar-refractivity contribution in [1.82, 2.24) is 5.32 Å². The van der Waals surface area contributed by atoms with E-state index in [2.05, 4.69) is 5.32 Å². The predicted molar refractivity (Wildman–Crippen MR) is 81.3 cm³/mol. The molecule has 2 atom stereocenters. The molecule has 120 valence electrons. The van der Waals surface area contributed by atoms with E-state index in [1.54, 1.807) is 7.11 Å². The van der Waals surface area contributed by atoms with Crippen LogP contribution in [0.3, 0.4) is 0 Å². The summed E-state index contributed by atoms with van der Waals surface area (Å²) in [6.07, 6.45) is 1.96. The van der Waals surface area contributed by atoms with Crippen LogP contribution < -0.4 is 15.8 Å². The van der Waals surface area contributed by atoms with E-state index in [1.807, 2.05) is 24.3 Å². The van der Waals surface area contributed by atoms with Crippen molar-refractivity contribution in [2.24, 2.45) is 11.7 Å². The summed E-state index contributed by atoms with van der Waals surface area (Å²) in [6.45, 7) is 0.473. The van der Waals surface area contributed by atoms with Gasteiger partial charge >= 0.3 is 6.09 Å². The summed E-state index contributed by atoms with van der Waals surface area (Å²) in [5.41, 5.74) is 6.04. The van der Waals surface area contributed by atoms with Gasteiger partial charge in [0.15, 0.2) is 0 Å². The lowest BCUT2D eigenvalue weighted by Crippen LogP contribution is -2.36. The van der Waals surface area contributed by atoms with Gasteiger partial charge in [0.25, 0.3) is 0 Å². The van der Waals surface area contributed by atoms with E-state index in [4.69, 9.17) is 15.2 Å². The SMILES string of the molecule is COc1ccc(CNC(=O)[C@@H]2CCC[C@H](OC(N)=O)C2)cc1. The van der Waals surface area contributed by atoms with Crippen molar-refractivity contribution in [3.63, 3.8) is 0 Å². The van der Waals surface area contributed by atoms with Crippen molar-refractivity contribution in [1.29, 1.82) is 0 Å². The molecule has 2 rings (SSSR count). The number of carbonyl (C=O) groups is 2. The van der Waals surface area contributed by atoms with Gasteiger partial charge in [-0.1, -0.05) is 12.1 Å². The smallest absolute Gasteiger partial charge is 0.404 e. The first-order valence-corrected chi connectivity index (χ1v) is 7.45. The van der Waals surface area contributed by atoms with Crippen molar-refractivity contribution in [3.05, 3.63) is 29.8 Å². The highest BCUT2D eigenvalue weighted by Gasteiger charge is 2.28. The maximum Gasteiger partial charge on any atom is 0.404 e. The van der Waals surface area contributed by atoms with Crippen molar-refractivity contribution in [2.45, 2.75) is 38.3 Å². The molecule has 0 radical (unpaired) electrons. The molecule has 0 spiro atoms. The highest BCUT2D eigenvalue weighted by Crippen LogP contribution is 2.26. The number of hydrogen-bond donors (Lipinski definition) is 2. The van der Waals surface area contributed by atoms with Gasteiger partial charge in [-0.25, -0.2) is 4.79 Å². The summed E-state index contributed by atoms with van der Waals surface area (Å²) in [5, 5.41) is 2.93. The second kappa shape index (κ2) is 7.68. The first-order valence-electron chi connectivity index (χ1n) is 7.45. The third-order valence-corrected chi connectivity index (χ3v) is 3.91. The molecule has 0 saturated heterocycles. The van der Waals surface area contributed by atoms with Crippen molar-refractivity contribution in [3.8, 4) is 5.75 Å². The van der Waals surface area contributed by atoms with Gasteiger partial charge in [0.2, 0.25) is 5.91 Å². The van der Waals surface area contributed by atoms with E-state index in [0.29, 0.717) is 13.0 Å². The molecular weight excluding hydrogens is 284 g/mol. The second-order valence-electron chi connectivity index (χ2n) is 5.49. The molecule has 0 aromatic heterocycles. The number of nitrogens with one attached hydrogen (secondary N) is 1. The summed E-state index contributed by atoms with van der Waals surface area (Å²) < 4.78 is 10.1. The van der Waals surface area contributed by atoms with Gasteiger partial charge in [-0.2, -0.15) is 0 Å². The predicted octanol–water partition coefficient (Wildman–Crippen LogP) is 1.97. The summed E-state index contributed by atoms with van der Waals surface area (Å²) >= 11 is 0. The maximum absolute atomic E-state index is 12.2. The van der Waals surface area contributed by atoms with Gasteiger partial charge in [-0.3, -0.25) is 4.79 Å². The Kier molecular flexibility index (Phi) is 5.63. The number of ether oxygens (including phenoxy) is 2. The normalized spacial score (nSPS) is 21.0. The molecule has 1 fully saturated rings. The van der Waals surface area contributed by atoms with E-state index >= 15 is 0 Å². The van der Waals surface area contributed by atoms with Crippen LogP contribution in [0.5, 0.6) is 5.75 Å². The average molecular weight is 306 g/mol. The van der Waals surface area contributed by atoms with Crippen LogP contribution in [0.15, 0.2) is 24.3 Å². The maximum atomic E-state index is 12.2. The van der Waals surface area contributed by atoms with E-state index in [0.717, 1.165) is 30.6 Å². The highest BCUT2D eigenvalue weighted by atomic mass is 16.6. The minimum Gasteiger partial charge on any atom is -0.497 e. The molecule has 0 aliphatic heterocycles. The number of benzene rings is 1. The number of rotatable bonds is 5. The standard InChI is InChI=1S/C16H22N2O4/c1-21-13-7-5-11(6-8-13)10-18-15(19)12-3-2-4-14(9-12)22-16(17)20/h5-8,12,14H,2-4,9-10H2,1H3,(H2,17,20)(H,18,19)/t12-,14+/m1/s1. The lowest BCUT2D eigenvalue weighted by Gasteiger charge is -2.27. The molecule has 6 heteroatoms. The molecule has 1 aromatic carbocycles. The first kappa shape index (κ1) is 16.1. The molecular formula is C16H22N2O4. The largest absolute Gasteiger partial charge is 0.497 e. The van der Waals surface area contributed by atoms with Gasteiger partial charge in [-0.15, -0.1) is 0 Å². The van der Waals surface area contributed by atoms with E-state index in [9.17, 15) is 9.59 Å². The Hall–Kier alpha value is -2.24. The molecule has 3 N–H and O–H groups in total. The van der Waals surface area contributed by atoms with Gasteiger partial charge in [0.05, 0.1) is 7.11 Å². The third-order valence-electron chi connectivity index (χ3n) is 3.91. The summed E-state index contributed by atoms with van der Waals surface area (Å²) in [5.74, 6) is 0.652. The van der Waals surface area contributed by atoms with E-state index < -0.39 is 6.09 Å². The van der Waals surface area contributed by atoms with Crippen molar-refractivity contribution >= 4 is 12.0 Å². The van der Waals surface area contributed by atoms with Crippen LogP contribution in [0.1, 0.15) is 31.2 Å². The Bertz CT molecular complexity index is 515. The Balaban J connectivity index is 1.81. The minimum atomic E-state index is -0.774. The molecule has 0 heterocycles. The fraction of sp³-hybridized carbons (Fsp3) is 0.500. The van der Waals surface area contributed by atoms with E-state index in [1.165, 1.54) is 0 Å². The van der Waals surface area contributed by atoms with Gasteiger partial charge < -0.3 is 20.5 Å². The Morgan fingerprint density at radius 2 is 2.00 bits per heavy atom. The second-order valence-corrected chi connectivity index (χ2v) is 5.49. The number of methoxy groups -OCH3 is 1. The molecule has 2 amide bonds. The van der Waals surface area contributed by atoms with Crippen molar-refractivity contribution in [2.75, 3.05) is 7.11 Å². The van der Waals surface area contributed by atoms with Crippen LogP contribution in [0.4, 0.5) is 4.79 Å². The van der Waals surface area contributed by atoms with E-state index in [-0.39, 0.29) is 17.9 Å². The number of hydrogen-bond acceptors (Lipinski definition) is 4. The zero-order valence-corrected chi connectivity index (χ0v) is 12.7. The molecule has 1 aliphatic rings. The highest BCUT2D eigenvalue weighted by molar-refractivity contribution is 5.78. The molecule has 1 aliphatic carbocycles. The van der Waals surface area contributed by atoms with Gasteiger partial charge in [0.1, 0.15) is 11.9 Å². The minimum absolute atomic E-state index is 0.00594. The van der Waals surface area contributed by atoms with Gasteiger partial charge in [0, 0.05) is 12.5 Å². The Morgan fingerprint density at radius 3 is 2.64 bits per heavy atom. The molecule has 6 nitrogen and oxygen atoms in total. The first-order chi connectivity index (χ1) is 10.6. The number of amides is 2. The third kappa shape index (κ3) is 4.65. The molecule has 1 saturated carbocycles. The topological polar surface area (TPSA) is 90.7 Å². The molecule has 1 aromatic rings. The van der Waals surface area contributed by atoms with Crippen LogP contribution in [0.2, 0.25) is 0 Å². The molecule has 0 unspecified atom stereocenters. The fourth-order valence-corrected chi connectivity index (χ4v) is 2.73. The number of primary amides is 1. The zero-order valence-electron chi connectivity index (χ0n) is 12.7. The van der Waals surface area contributed by atoms with Crippen LogP contribution >= 0.6 is 0 Å². The average Bonchev–Trinajstić information content (AvgIpc) is 2.52. The summed E-state index contributed by atoms with van der Waals surface area (Å²) in [6, 6.07) is 7.55. The van der Waals surface area contributed by atoms with Crippen LogP contribution in [-0.2, 0) is 16.1 Å².